The van der Waals surface area contributed by atoms with Gasteiger partial charge < -0.3 is 19.7 Å². The van der Waals surface area contributed by atoms with Crippen molar-refractivity contribution < 1.29 is 19.7 Å². The van der Waals surface area contributed by atoms with Crippen LogP contribution in [0.1, 0.15) is 44.6 Å². The van der Waals surface area contributed by atoms with E-state index in [0.29, 0.717) is 17.9 Å². The second-order valence-corrected chi connectivity index (χ2v) is 7.43. The maximum absolute atomic E-state index is 9.47. The quantitative estimate of drug-likeness (QED) is 0.840. The maximum atomic E-state index is 9.47. The molecule has 2 fully saturated rings. The highest BCUT2D eigenvalue weighted by atomic mass is 16.5. The van der Waals surface area contributed by atoms with E-state index in [0.717, 1.165) is 37.0 Å². The number of hydrogen-bond donors (Lipinski definition) is 2. The third-order valence-electron chi connectivity index (χ3n) is 5.58. The summed E-state index contributed by atoms with van der Waals surface area (Å²) in [5, 5.41) is 18.2. The Labute approximate surface area is 157 Å². The van der Waals surface area contributed by atoms with Crippen LogP contribution in [0.15, 0.2) is 18.2 Å². The largest absolute Gasteiger partial charge is 0.493 e. The molecule has 0 radical (unpaired) electrons. The number of nitrogens with zero attached hydrogens (tertiary/aromatic N) is 1. The Balaban J connectivity index is 0.000000187. The van der Waals surface area contributed by atoms with Crippen LogP contribution in [-0.4, -0.2) is 61.2 Å². The minimum Gasteiger partial charge on any atom is -0.493 e. The second-order valence-electron chi connectivity index (χ2n) is 7.43. The monoisotopic (exact) mass is 365 g/mol. The molecular formula is C21H35NO4. The van der Waals surface area contributed by atoms with Crippen molar-refractivity contribution in [2.24, 2.45) is 5.92 Å². The molecule has 1 aromatic rings. The van der Waals surface area contributed by atoms with Gasteiger partial charge in [-0.05, 0) is 49.3 Å². The van der Waals surface area contributed by atoms with Gasteiger partial charge in [0.05, 0.1) is 20.3 Å². The first-order valence-corrected chi connectivity index (χ1v) is 9.83. The SMILES string of the molecule is CC1CCCCC1N1CCC(O)C1.COc1ccc(CCO)cc1OC. The van der Waals surface area contributed by atoms with E-state index >= 15 is 0 Å². The first-order chi connectivity index (χ1) is 12.6. The zero-order chi connectivity index (χ0) is 18.9. The summed E-state index contributed by atoms with van der Waals surface area (Å²) in [5.41, 5.74) is 1.04. The van der Waals surface area contributed by atoms with Gasteiger partial charge in [0.25, 0.3) is 0 Å². The molecule has 0 spiro atoms. The Bertz CT molecular complexity index is 537. The summed E-state index contributed by atoms with van der Waals surface area (Å²) < 4.78 is 10.2. The lowest BCUT2D eigenvalue weighted by Crippen LogP contribution is -2.40. The predicted octanol–water partition coefficient (Wildman–Crippen LogP) is 2.87. The van der Waals surface area contributed by atoms with E-state index in [4.69, 9.17) is 14.6 Å². The Morgan fingerprint density at radius 2 is 1.81 bits per heavy atom. The van der Waals surface area contributed by atoms with Gasteiger partial charge in [-0.15, -0.1) is 0 Å². The molecule has 3 rings (SSSR count). The zero-order valence-corrected chi connectivity index (χ0v) is 16.5. The molecule has 148 valence electrons. The molecule has 2 N–H and O–H groups in total. The number of β-amino-alcohol motifs (C(OH)–C–C–N with tert-alkyl or cyclic N) is 1. The molecule has 0 bridgehead atoms. The number of hydrogen-bond acceptors (Lipinski definition) is 5. The van der Waals surface area contributed by atoms with Crippen LogP contribution in [-0.2, 0) is 6.42 Å². The molecule has 0 amide bonds. The molecule has 1 aromatic carbocycles. The number of aliphatic hydroxyl groups is 2. The summed E-state index contributed by atoms with van der Waals surface area (Å²) in [7, 11) is 3.20. The van der Waals surface area contributed by atoms with Gasteiger partial charge in [0.15, 0.2) is 11.5 Å². The second kappa shape index (κ2) is 10.8. The van der Waals surface area contributed by atoms with E-state index in [2.05, 4.69) is 11.8 Å². The van der Waals surface area contributed by atoms with E-state index < -0.39 is 0 Å². The first-order valence-electron chi connectivity index (χ1n) is 9.83. The van der Waals surface area contributed by atoms with Gasteiger partial charge >= 0.3 is 0 Å². The van der Waals surface area contributed by atoms with E-state index in [1.807, 2.05) is 18.2 Å². The fourth-order valence-electron chi connectivity index (χ4n) is 4.07. The lowest BCUT2D eigenvalue weighted by atomic mass is 9.85. The average molecular weight is 366 g/mol. The number of rotatable bonds is 5. The molecule has 26 heavy (non-hydrogen) atoms. The molecule has 2 aliphatic rings. The molecule has 3 unspecified atom stereocenters. The molecule has 1 saturated carbocycles. The molecule has 0 aromatic heterocycles. The predicted molar refractivity (Wildman–Crippen MR) is 104 cm³/mol. The van der Waals surface area contributed by atoms with Crippen molar-refractivity contribution in [2.75, 3.05) is 33.9 Å². The Morgan fingerprint density at radius 3 is 2.38 bits per heavy atom. The standard InChI is InChI=1S/C11H21NO.C10H14O3/c1-9-4-2-3-5-11(9)12-7-6-10(13)8-12;1-12-9-4-3-8(5-6-11)7-10(9)13-2/h9-11,13H,2-8H2,1H3;3-4,7,11H,5-6H2,1-2H3. The summed E-state index contributed by atoms with van der Waals surface area (Å²) in [6.07, 6.45) is 7.12. The molecule has 5 heteroatoms. The smallest absolute Gasteiger partial charge is 0.160 e. The maximum Gasteiger partial charge on any atom is 0.160 e. The van der Waals surface area contributed by atoms with Crippen LogP contribution >= 0.6 is 0 Å². The fourth-order valence-corrected chi connectivity index (χ4v) is 4.07. The van der Waals surface area contributed by atoms with Crippen molar-refractivity contribution >= 4 is 0 Å². The minimum atomic E-state index is -0.0471. The lowest BCUT2D eigenvalue weighted by Gasteiger charge is -2.36. The number of aliphatic hydroxyl groups excluding tert-OH is 2. The van der Waals surface area contributed by atoms with Gasteiger partial charge in [0.2, 0.25) is 0 Å². The van der Waals surface area contributed by atoms with E-state index in [-0.39, 0.29) is 12.7 Å². The van der Waals surface area contributed by atoms with Crippen LogP contribution in [0.3, 0.4) is 0 Å². The van der Waals surface area contributed by atoms with Gasteiger partial charge in [0, 0.05) is 25.7 Å². The topological polar surface area (TPSA) is 62.2 Å². The highest BCUT2D eigenvalue weighted by molar-refractivity contribution is 5.42. The van der Waals surface area contributed by atoms with Gasteiger partial charge in [-0.3, -0.25) is 4.90 Å². The number of ether oxygens (including phenoxy) is 2. The lowest BCUT2D eigenvalue weighted by molar-refractivity contribution is 0.112. The molecule has 1 saturated heterocycles. The Hall–Kier alpha value is -1.30. The highest BCUT2D eigenvalue weighted by Crippen LogP contribution is 2.30. The number of benzene rings is 1. The summed E-state index contributed by atoms with van der Waals surface area (Å²) in [5.74, 6) is 2.26. The first kappa shape index (κ1) is 21.0. The molecule has 1 aliphatic heterocycles. The van der Waals surface area contributed by atoms with Gasteiger partial charge in [-0.1, -0.05) is 25.8 Å². The van der Waals surface area contributed by atoms with Gasteiger partial charge in [-0.25, -0.2) is 0 Å². The molecule has 1 heterocycles. The number of likely N-dealkylation sites (tertiary alicyclic amines) is 1. The van der Waals surface area contributed by atoms with Crippen LogP contribution in [0.25, 0.3) is 0 Å². The normalized spacial score (nSPS) is 26.1. The van der Waals surface area contributed by atoms with E-state index in [1.54, 1.807) is 14.2 Å². The zero-order valence-electron chi connectivity index (χ0n) is 16.5. The Kier molecular flexibility index (Phi) is 8.69. The summed E-state index contributed by atoms with van der Waals surface area (Å²) in [6, 6.07) is 6.39. The van der Waals surface area contributed by atoms with Crippen molar-refractivity contribution in [1.82, 2.24) is 4.90 Å². The average Bonchev–Trinajstić information content (AvgIpc) is 3.09. The molecule has 3 atom stereocenters. The van der Waals surface area contributed by atoms with Crippen LogP contribution in [0.5, 0.6) is 11.5 Å². The number of methoxy groups -OCH3 is 2. The van der Waals surface area contributed by atoms with Crippen LogP contribution in [0.4, 0.5) is 0 Å². The molecule has 1 aliphatic carbocycles. The third-order valence-corrected chi connectivity index (χ3v) is 5.58. The highest BCUT2D eigenvalue weighted by Gasteiger charge is 2.31. The third kappa shape index (κ3) is 5.86. The van der Waals surface area contributed by atoms with Crippen LogP contribution in [0.2, 0.25) is 0 Å². The van der Waals surface area contributed by atoms with Crippen molar-refractivity contribution in [3.05, 3.63) is 23.8 Å². The Morgan fingerprint density at radius 1 is 1.08 bits per heavy atom. The minimum absolute atomic E-state index is 0.0471. The molecule has 5 nitrogen and oxygen atoms in total. The van der Waals surface area contributed by atoms with E-state index in [9.17, 15) is 5.11 Å². The van der Waals surface area contributed by atoms with Crippen molar-refractivity contribution in [3.63, 3.8) is 0 Å². The van der Waals surface area contributed by atoms with Crippen molar-refractivity contribution in [2.45, 2.75) is 57.6 Å². The van der Waals surface area contributed by atoms with Crippen LogP contribution < -0.4 is 9.47 Å². The van der Waals surface area contributed by atoms with Crippen molar-refractivity contribution in [3.8, 4) is 11.5 Å². The summed E-state index contributed by atoms with van der Waals surface area (Å²) in [6.45, 7) is 4.56. The van der Waals surface area contributed by atoms with Crippen LogP contribution in [0, 0.1) is 5.92 Å². The van der Waals surface area contributed by atoms with E-state index in [1.165, 1.54) is 25.7 Å². The summed E-state index contributed by atoms with van der Waals surface area (Å²) >= 11 is 0. The summed E-state index contributed by atoms with van der Waals surface area (Å²) in [4.78, 5) is 2.51. The van der Waals surface area contributed by atoms with Gasteiger partial charge in [0.1, 0.15) is 0 Å². The fraction of sp³-hybridized carbons (Fsp3) is 0.714. The van der Waals surface area contributed by atoms with Crippen molar-refractivity contribution in [1.29, 1.82) is 0 Å². The van der Waals surface area contributed by atoms with Gasteiger partial charge in [-0.2, -0.15) is 0 Å². The molecular weight excluding hydrogens is 330 g/mol.